The van der Waals surface area contributed by atoms with Crippen molar-refractivity contribution in [1.82, 2.24) is 0 Å². The molecule has 8 N–H and O–H groups in total. The second kappa shape index (κ2) is 16.7. The average molecular weight is 329 g/mol. The summed E-state index contributed by atoms with van der Waals surface area (Å²) >= 11 is 1.60. The molecule has 0 aliphatic rings. The Morgan fingerprint density at radius 2 is 1.50 bits per heavy atom. The smallest absolute Gasteiger partial charge is 0.320 e. The zero-order chi connectivity index (χ0) is 15.3. The average Bonchev–Trinajstić information content (AvgIpc) is 2.36. The minimum Gasteiger partial charge on any atom is -0.480 e. The number of carboxylic acid groups (broad SMARTS) is 2. The van der Waals surface area contributed by atoms with Crippen molar-refractivity contribution in [3.05, 3.63) is 0 Å². The van der Waals surface area contributed by atoms with Crippen LogP contribution in [0.15, 0.2) is 0 Å². The molecule has 0 radical (unpaired) electrons. The summed E-state index contributed by atoms with van der Waals surface area (Å²) < 4.78 is 0. The highest BCUT2D eigenvalue weighted by atomic mass is 32.2. The van der Waals surface area contributed by atoms with Crippen LogP contribution in [-0.2, 0) is 9.59 Å². The van der Waals surface area contributed by atoms with Gasteiger partial charge < -0.3 is 27.4 Å². The Bertz CT molecular complexity index is 260. The highest BCUT2D eigenvalue weighted by molar-refractivity contribution is 7.98. The lowest BCUT2D eigenvalue weighted by molar-refractivity contribution is -0.139. The summed E-state index contributed by atoms with van der Waals surface area (Å²) in [6.07, 6.45) is 4.64. The number of hydrogen-bond acceptors (Lipinski definition) is 6. The number of carboxylic acids is 2. The number of unbranched alkanes of at least 4 members (excludes halogenated alkanes) is 1. The molecule has 9 heteroatoms. The Labute approximate surface area is 127 Å². The van der Waals surface area contributed by atoms with Gasteiger partial charge in [-0.15, -0.1) is 0 Å². The molecule has 0 aromatic carbocycles. The minimum absolute atomic E-state index is 0. The fraction of sp³-hybridized carbons (Fsp3) is 0.818. The van der Waals surface area contributed by atoms with Gasteiger partial charge in [-0.1, -0.05) is 6.42 Å². The van der Waals surface area contributed by atoms with Crippen LogP contribution < -0.4 is 17.2 Å². The molecule has 122 valence electrons. The van der Waals surface area contributed by atoms with E-state index in [-0.39, 0.29) is 9.90 Å². The van der Waals surface area contributed by atoms with Crippen LogP contribution in [0, 0.1) is 0 Å². The van der Waals surface area contributed by atoms with Gasteiger partial charge in [-0.25, -0.2) is 0 Å². The Morgan fingerprint density at radius 1 is 1.05 bits per heavy atom. The number of thioether (sulfide) groups is 1. The maximum atomic E-state index is 10.1. The fourth-order valence-corrected chi connectivity index (χ4v) is 1.49. The Hall–Kier alpha value is -0.400. The third-order valence-electron chi connectivity index (χ3n) is 2.24. The van der Waals surface area contributed by atoms with Gasteiger partial charge in [0.2, 0.25) is 0 Å². The molecule has 0 heterocycles. The molecule has 0 amide bonds. The van der Waals surface area contributed by atoms with Gasteiger partial charge in [0.15, 0.2) is 0 Å². The lowest BCUT2D eigenvalue weighted by Gasteiger charge is -2.03. The van der Waals surface area contributed by atoms with E-state index < -0.39 is 24.0 Å². The van der Waals surface area contributed by atoms with Gasteiger partial charge >= 0.3 is 11.9 Å². The van der Waals surface area contributed by atoms with Gasteiger partial charge in [0.1, 0.15) is 12.1 Å². The van der Waals surface area contributed by atoms with Crippen LogP contribution in [0.2, 0.25) is 0 Å². The molecule has 0 aliphatic heterocycles. The topological polar surface area (TPSA) is 153 Å². The molecule has 3 unspecified atom stereocenters. The second-order valence-corrected chi connectivity index (χ2v) is 4.94. The van der Waals surface area contributed by atoms with E-state index >= 15 is 0 Å². The molecule has 3 atom stereocenters. The first-order chi connectivity index (χ1) is 8.86. The first kappa shape index (κ1) is 24.6. The van der Waals surface area contributed by atoms with Gasteiger partial charge in [0.05, 0.1) is 0 Å². The van der Waals surface area contributed by atoms with Crippen molar-refractivity contribution in [1.29, 1.82) is 0 Å². The summed E-state index contributed by atoms with van der Waals surface area (Å²) in [5.41, 5.74) is 15.6. The first-order valence-electron chi connectivity index (χ1n) is 6.02. The third kappa shape index (κ3) is 17.6. The van der Waals surface area contributed by atoms with Crippen molar-refractivity contribution in [2.24, 2.45) is 17.2 Å². The second-order valence-electron chi connectivity index (χ2n) is 3.96. The van der Waals surface area contributed by atoms with E-state index in [0.29, 0.717) is 19.4 Å². The van der Waals surface area contributed by atoms with Gasteiger partial charge in [0, 0.05) is 0 Å². The molecular weight excluding hydrogens is 301 g/mol. The summed E-state index contributed by atoms with van der Waals surface area (Å²) in [6.45, 7) is 0.604. The molecule has 0 aliphatic carbocycles. The van der Waals surface area contributed by atoms with Crippen molar-refractivity contribution < 1.29 is 19.8 Å². The van der Waals surface area contributed by atoms with E-state index in [1.54, 1.807) is 11.8 Å². The standard InChI is InChI=1S/C6H14N2O2.C5H11NO2S.H3P/c7-4-2-1-3-5(8)6(9)10;1-9-3-2-4(6)5(7)8;/h5H,1-4,7-8H2,(H,9,10);4H,2-3,6H2,1H3,(H,7,8);1H3. The highest BCUT2D eigenvalue weighted by Crippen LogP contribution is 1.98. The van der Waals surface area contributed by atoms with Crippen LogP contribution in [0.5, 0.6) is 0 Å². The van der Waals surface area contributed by atoms with E-state index in [1.807, 2.05) is 6.26 Å². The summed E-state index contributed by atoms with van der Waals surface area (Å²) in [6, 6.07) is -1.40. The number of rotatable bonds is 9. The molecule has 0 aromatic heterocycles. The van der Waals surface area contributed by atoms with Crippen molar-refractivity contribution in [3.8, 4) is 0 Å². The molecule has 20 heavy (non-hydrogen) atoms. The van der Waals surface area contributed by atoms with Crippen LogP contribution in [0.4, 0.5) is 0 Å². The highest BCUT2D eigenvalue weighted by Gasteiger charge is 2.09. The van der Waals surface area contributed by atoms with E-state index in [9.17, 15) is 9.59 Å². The normalized spacial score (nSPS) is 12.4. The van der Waals surface area contributed by atoms with Crippen molar-refractivity contribution in [2.45, 2.75) is 37.8 Å². The molecule has 7 nitrogen and oxygen atoms in total. The van der Waals surface area contributed by atoms with Crippen molar-refractivity contribution in [3.63, 3.8) is 0 Å². The van der Waals surface area contributed by atoms with E-state index in [1.165, 1.54) is 0 Å². The van der Waals surface area contributed by atoms with Crippen molar-refractivity contribution in [2.75, 3.05) is 18.6 Å². The lowest BCUT2D eigenvalue weighted by Crippen LogP contribution is -2.30. The molecule has 0 fully saturated rings. The van der Waals surface area contributed by atoms with Crippen molar-refractivity contribution >= 4 is 33.6 Å². The van der Waals surface area contributed by atoms with Crippen LogP contribution in [0.3, 0.4) is 0 Å². The van der Waals surface area contributed by atoms with Crippen LogP contribution >= 0.6 is 21.7 Å². The SMILES string of the molecule is CSCCC(N)C(=O)O.NCCCCC(N)C(=O)O.P. The van der Waals surface area contributed by atoms with E-state index in [0.717, 1.165) is 18.6 Å². The number of carbonyl (C=O) groups is 2. The fourth-order valence-electron chi connectivity index (χ4n) is 1.00. The molecule has 0 aromatic rings. The minimum atomic E-state index is -0.933. The number of aliphatic carboxylic acids is 2. The largest absolute Gasteiger partial charge is 0.480 e. The summed E-state index contributed by atoms with van der Waals surface area (Å²) in [5, 5.41) is 16.6. The van der Waals surface area contributed by atoms with Crippen LogP contribution in [-0.4, -0.2) is 52.8 Å². The number of nitrogens with two attached hydrogens (primary N) is 3. The lowest BCUT2D eigenvalue weighted by atomic mass is 10.1. The maximum Gasteiger partial charge on any atom is 0.320 e. The Kier molecular flexibility index (Phi) is 20.5. The number of hydrogen-bond donors (Lipinski definition) is 5. The van der Waals surface area contributed by atoms with Gasteiger partial charge in [-0.3, -0.25) is 9.59 Å². The maximum absolute atomic E-state index is 10.1. The summed E-state index contributed by atoms with van der Waals surface area (Å²) in [7, 11) is 0. The Morgan fingerprint density at radius 3 is 1.85 bits per heavy atom. The summed E-state index contributed by atoms with van der Waals surface area (Å²) in [5.74, 6) is -1.03. The zero-order valence-electron chi connectivity index (χ0n) is 12.0. The monoisotopic (exact) mass is 329 g/mol. The van der Waals surface area contributed by atoms with Gasteiger partial charge in [0.25, 0.3) is 0 Å². The van der Waals surface area contributed by atoms with Gasteiger partial charge in [-0.05, 0) is 37.8 Å². The quantitative estimate of drug-likeness (QED) is 0.286. The zero-order valence-corrected chi connectivity index (χ0v) is 14.2. The molecule has 0 bridgehead atoms. The molecule has 0 saturated heterocycles. The van der Waals surface area contributed by atoms with Crippen LogP contribution in [0.25, 0.3) is 0 Å². The Balaban J connectivity index is -0.000000277. The van der Waals surface area contributed by atoms with E-state index in [2.05, 4.69) is 0 Å². The first-order valence-corrected chi connectivity index (χ1v) is 7.41. The summed E-state index contributed by atoms with van der Waals surface area (Å²) in [4.78, 5) is 20.2. The molecule has 0 saturated carbocycles. The van der Waals surface area contributed by atoms with Crippen LogP contribution in [0.1, 0.15) is 25.7 Å². The third-order valence-corrected chi connectivity index (χ3v) is 2.88. The molecular formula is C11H28N3O4PS. The van der Waals surface area contributed by atoms with E-state index in [4.69, 9.17) is 27.4 Å². The molecule has 0 rings (SSSR count). The predicted octanol–water partition coefficient (Wildman–Crippen LogP) is -0.263. The predicted molar refractivity (Wildman–Crippen MR) is 88.2 cm³/mol. The molecule has 0 spiro atoms. The van der Waals surface area contributed by atoms with Gasteiger partial charge in [-0.2, -0.15) is 21.7 Å².